The van der Waals surface area contributed by atoms with Crippen molar-refractivity contribution in [2.24, 2.45) is 7.05 Å². The smallest absolute Gasteiger partial charge is 0.272 e. The van der Waals surface area contributed by atoms with Crippen LogP contribution >= 0.6 is 0 Å². The molecule has 4 aromatic rings. The fraction of sp³-hybridized carbons (Fsp3) is 0.182. The molecule has 0 spiro atoms. The Hall–Kier alpha value is -3.74. The fourth-order valence-corrected chi connectivity index (χ4v) is 3.56. The summed E-state index contributed by atoms with van der Waals surface area (Å²) in [4.78, 5) is 14.7. The predicted molar refractivity (Wildman–Crippen MR) is 109 cm³/mol. The Bertz CT molecular complexity index is 1140. The Morgan fingerprint density at radius 1 is 0.931 bits per heavy atom. The van der Waals surface area contributed by atoms with Gasteiger partial charge in [0.2, 0.25) is 0 Å². The molecule has 7 nitrogen and oxygen atoms in total. The van der Waals surface area contributed by atoms with E-state index in [2.05, 4.69) is 15.4 Å². The van der Waals surface area contributed by atoms with Crippen LogP contribution in [-0.4, -0.2) is 48.7 Å². The molecule has 5 rings (SSSR count). The van der Waals surface area contributed by atoms with Gasteiger partial charge in [0.05, 0.1) is 17.9 Å². The highest BCUT2D eigenvalue weighted by Crippen LogP contribution is 2.26. The van der Waals surface area contributed by atoms with E-state index in [1.54, 1.807) is 11.7 Å². The zero-order valence-electron chi connectivity index (χ0n) is 16.0. The highest BCUT2D eigenvalue weighted by atomic mass is 16.2. The molecule has 1 fully saturated rings. The van der Waals surface area contributed by atoms with Crippen LogP contribution in [0.15, 0.2) is 72.9 Å². The van der Waals surface area contributed by atoms with Gasteiger partial charge < -0.3 is 4.90 Å². The van der Waals surface area contributed by atoms with Crippen molar-refractivity contribution in [3.63, 3.8) is 0 Å². The number of hydrogen-bond donors (Lipinski definition) is 0. The van der Waals surface area contributed by atoms with E-state index in [0.29, 0.717) is 18.8 Å². The van der Waals surface area contributed by atoms with Crippen LogP contribution in [0.1, 0.15) is 16.5 Å². The third-order valence-corrected chi connectivity index (χ3v) is 5.27. The summed E-state index contributed by atoms with van der Waals surface area (Å²) < 4.78 is 3.51. The molecule has 0 atom stereocenters. The second kappa shape index (κ2) is 7.01. The van der Waals surface area contributed by atoms with Crippen molar-refractivity contribution >= 4 is 5.91 Å². The molecule has 1 aliphatic rings. The molecule has 2 aromatic heterocycles. The maximum Gasteiger partial charge on any atom is 0.272 e. The van der Waals surface area contributed by atoms with E-state index in [1.807, 2.05) is 82.5 Å². The molecule has 2 aromatic carbocycles. The monoisotopic (exact) mass is 384 g/mol. The maximum absolute atomic E-state index is 12.9. The van der Waals surface area contributed by atoms with Gasteiger partial charge in [0.15, 0.2) is 0 Å². The summed E-state index contributed by atoms with van der Waals surface area (Å²) in [5.41, 5.74) is 4.27. The van der Waals surface area contributed by atoms with Crippen LogP contribution in [0, 0.1) is 0 Å². The lowest BCUT2D eigenvalue weighted by molar-refractivity contribution is 0.0487. The average Bonchev–Trinajstić information content (AvgIpc) is 3.35. The first kappa shape index (κ1) is 17.4. The molecular weight excluding hydrogens is 364 g/mol. The van der Waals surface area contributed by atoms with Crippen LogP contribution in [0.5, 0.6) is 0 Å². The van der Waals surface area contributed by atoms with Crippen molar-refractivity contribution in [2.75, 3.05) is 13.1 Å². The third-order valence-electron chi connectivity index (χ3n) is 5.27. The van der Waals surface area contributed by atoms with E-state index in [1.165, 1.54) is 0 Å². The van der Waals surface area contributed by atoms with Gasteiger partial charge >= 0.3 is 0 Å². The molecule has 144 valence electrons. The lowest BCUT2D eigenvalue weighted by Gasteiger charge is -2.38. The number of aryl methyl sites for hydroxylation is 1. The minimum atomic E-state index is -0.0122. The van der Waals surface area contributed by atoms with Gasteiger partial charge in [0.25, 0.3) is 5.91 Å². The predicted octanol–water partition coefficient (Wildman–Crippen LogP) is 3.04. The SMILES string of the molecule is Cn1nc(-c2ccccc2)cc1C(=O)N1CC(n2cc(-c3ccccc3)nn2)C1. The number of rotatable bonds is 4. The van der Waals surface area contributed by atoms with Crippen LogP contribution < -0.4 is 0 Å². The minimum Gasteiger partial charge on any atom is -0.333 e. The Kier molecular flexibility index (Phi) is 4.20. The van der Waals surface area contributed by atoms with Crippen molar-refractivity contribution < 1.29 is 4.79 Å². The second-order valence-electron chi connectivity index (χ2n) is 7.22. The van der Waals surface area contributed by atoms with Gasteiger partial charge in [-0.25, -0.2) is 4.68 Å². The molecule has 0 radical (unpaired) electrons. The number of benzene rings is 2. The van der Waals surface area contributed by atoms with Crippen molar-refractivity contribution in [3.05, 3.63) is 78.6 Å². The van der Waals surface area contributed by atoms with Gasteiger partial charge in [-0.15, -0.1) is 5.10 Å². The molecule has 1 aliphatic heterocycles. The summed E-state index contributed by atoms with van der Waals surface area (Å²) in [6.07, 6.45) is 1.94. The molecule has 7 heteroatoms. The molecular formula is C22H20N6O. The van der Waals surface area contributed by atoms with Gasteiger partial charge in [-0.3, -0.25) is 9.48 Å². The molecule has 0 unspecified atom stereocenters. The molecule has 1 amide bonds. The van der Waals surface area contributed by atoms with Crippen molar-refractivity contribution in [2.45, 2.75) is 6.04 Å². The summed E-state index contributed by atoms with van der Waals surface area (Å²) in [7, 11) is 1.81. The largest absolute Gasteiger partial charge is 0.333 e. The summed E-state index contributed by atoms with van der Waals surface area (Å²) in [5.74, 6) is -0.0122. The van der Waals surface area contributed by atoms with Crippen molar-refractivity contribution in [3.8, 4) is 22.5 Å². The highest BCUT2D eigenvalue weighted by molar-refractivity contribution is 5.94. The summed E-state index contributed by atoms with van der Waals surface area (Å²) >= 11 is 0. The van der Waals surface area contributed by atoms with E-state index < -0.39 is 0 Å². The Labute approximate surface area is 168 Å². The van der Waals surface area contributed by atoms with Gasteiger partial charge in [-0.2, -0.15) is 5.10 Å². The molecule has 0 N–H and O–H groups in total. The lowest BCUT2D eigenvalue weighted by Crippen LogP contribution is -2.51. The lowest BCUT2D eigenvalue weighted by atomic mass is 10.1. The zero-order chi connectivity index (χ0) is 19.8. The molecule has 0 aliphatic carbocycles. The zero-order valence-corrected chi connectivity index (χ0v) is 16.0. The normalized spacial score (nSPS) is 14.0. The fourth-order valence-electron chi connectivity index (χ4n) is 3.56. The third kappa shape index (κ3) is 3.20. The highest BCUT2D eigenvalue weighted by Gasteiger charge is 2.34. The second-order valence-corrected chi connectivity index (χ2v) is 7.22. The van der Waals surface area contributed by atoms with Gasteiger partial charge in [0.1, 0.15) is 11.4 Å². The number of hydrogen-bond acceptors (Lipinski definition) is 4. The first-order chi connectivity index (χ1) is 14.2. The summed E-state index contributed by atoms with van der Waals surface area (Å²) in [5, 5.41) is 13.0. The molecule has 1 saturated heterocycles. The maximum atomic E-state index is 12.9. The summed E-state index contributed by atoms with van der Waals surface area (Å²) in [6.45, 7) is 1.23. The molecule has 29 heavy (non-hydrogen) atoms. The molecule has 0 bridgehead atoms. The Balaban J connectivity index is 1.27. The Morgan fingerprint density at radius 2 is 1.55 bits per heavy atom. The molecule has 0 saturated carbocycles. The van der Waals surface area contributed by atoms with E-state index in [4.69, 9.17) is 0 Å². The number of carbonyl (C=O) groups excluding carboxylic acids is 1. The van der Waals surface area contributed by atoms with Crippen molar-refractivity contribution in [1.29, 1.82) is 0 Å². The number of carbonyl (C=O) groups is 1. The van der Waals surface area contributed by atoms with E-state index in [-0.39, 0.29) is 11.9 Å². The van der Waals surface area contributed by atoms with Crippen LogP contribution in [0.3, 0.4) is 0 Å². The average molecular weight is 384 g/mol. The quantitative estimate of drug-likeness (QED) is 0.542. The first-order valence-corrected chi connectivity index (χ1v) is 9.55. The number of aromatic nitrogens is 5. The van der Waals surface area contributed by atoms with Crippen LogP contribution in [-0.2, 0) is 7.05 Å². The van der Waals surface area contributed by atoms with E-state index in [0.717, 1.165) is 22.5 Å². The van der Waals surface area contributed by atoms with E-state index >= 15 is 0 Å². The van der Waals surface area contributed by atoms with Gasteiger partial charge in [-0.05, 0) is 6.07 Å². The topological polar surface area (TPSA) is 68.8 Å². The Morgan fingerprint density at radius 3 is 2.21 bits per heavy atom. The van der Waals surface area contributed by atoms with Crippen LogP contribution in [0.2, 0.25) is 0 Å². The minimum absolute atomic E-state index is 0.0122. The molecule has 3 heterocycles. The van der Waals surface area contributed by atoms with Gasteiger partial charge in [0, 0.05) is 31.3 Å². The first-order valence-electron chi connectivity index (χ1n) is 9.55. The van der Waals surface area contributed by atoms with Crippen molar-refractivity contribution in [1.82, 2.24) is 29.7 Å². The number of amides is 1. The number of nitrogens with zero attached hydrogens (tertiary/aromatic N) is 6. The van der Waals surface area contributed by atoms with E-state index in [9.17, 15) is 4.79 Å². The standard InChI is InChI=1S/C22H20N6O/c1-26-21(12-19(24-26)16-8-4-2-5-9-16)22(29)27-13-18(14-27)28-15-20(23-25-28)17-10-6-3-7-11-17/h2-12,15,18H,13-14H2,1H3. The van der Waals surface area contributed by atoms with Crippen LogP contribution in [0.25, 0.3) is 22.5 Å². The van der Waals surface area contributed by atoms with Gasteiger partial charge in [-0.1, -0.05) is 65.9 Å². The summed E-state index contributed by atoms with van der Waals surface area (Å²) in [6, 6.07) is 21.8. The van der Waals surface area contributed by atoms with Crippen LogP contribution in [0.4, 0.5) is 0 Å². The number of likely N-dealkylation sites (tertiary alicyclic amines) is 1.